The van der Waals surface area contributed by atoms with Crippen molar-refractivity contribution >= 4 is 23.2 Å². The Morgan fingerprint density at radius 2 is 1.54 bits per heavy atom. The Balaban J connectivity index is 2.56. The molecular weight excluding hydrogens is 396 g/mol. The average molecular weight is 411 g/mol. The van der Waals surface area contributed by atoms with E-state index in [0.717, 1.165) is 20.2 Å². The lowest BCUT2D eigenvalue weighted by Gasteiger charge is -2.25. The van der Waals surface area contributed by atoms with Gasteiger partial charge in [-0.1, -0.05) is 0 Å². The fraction of sp³-hybridized carbons (Fsp3) is 0.375. The van der Waals surface area contributed by atoms with E-state index in [2.05, 4.69) is 5.32 Å². The third-order valence-electron chi connectivity index (χ3n) is 3.78. The number of nitrogens with zero attached hydrogens (tertiary/aromatic N) is 2. The van der Waals surface area contributed by atoms with E-state index < -0.39 is 59.0 Å². The fourth-order valence-corrected chi connectivity index (χ4v) is 2.69. The average Bonchev–Trinajstić information content (AvgIpc) is 2.80. The number of hydrogen-bond donors (Lipinski definition) is 2. The minimum atomic E-state index is -5.11. The first-order chi connectivity index (χ1) is 12.8. The van der Waals surface area contributed by atoms with Crippen molar-refractivity contribution in [1.82, 2.24) is 4.90 Å². The number of imide groups is 1. The van der Waals surface area contributed by atoms with Crippen LogP contribution in [0.2, 0.25) is 0 Å². The minimum absolute atomic E-state index is 0.361. The lowest BCUT2D eigenvalue weighted by atomic mass is 10.0. The molecule has 0 fully saturated rings. The van der Waals surface area contributed by atoms with E-state index in [1.54, 1.807) is 0 Å². The second kappa shape index (κ2) is 7.34. The van der Waals surface area contributed by atoms with Gasteiger partial charge < -0.3 is 15.3 Å². The van der Waals surface area contributed by atoms with Gasteiger partial charge in [0.15, 0.2) is 0 Å². The summed E-state index contributed by atoms with van der Waals surface area (Å²) in [7, 11) is 2.09. The maximum atomic E-state index is 13.4. The molecule has 2 rings (SSSR count). The van der Waals surface area contributed by atoms with Crippen molar-refractivity contribution in [3.63, 3.8) is 0 Å². The largest absolute Gasteiger partial charge is 0.418 e. The summed E-state index contributed by atoms with van der Waals surface area (Å²) in [5.41, 5.74) is -5.35. The molecule has 154 valence electrons. The lowest BCUT2D eigenvalue weighted by molar-refractivity contribution is -0.142. The number of amides is 2. The predicted molar refractivity (Wildman–Crippen MR) is 86.3 cm³/mol. The molecule has 0 aromatic heterocycles. The number of halogens is 6. The van der Waals surface area contributed by atoms with Crippen LogP contribution in [0.5, 0.6) is 0 Å². The lowest BCUT2D eigenvalue weighted by Crippen LogP contribution is -2.34. The number of rotatable bonds is 5. The van der Waals surface area contributed by atoms with Crippen molar-refractivity contribution in [2.24, 2.45) is 0 Å². The first-order valence-electron chi connectivity index (χ1n) is 7.72. The van der Waals surface area contributed by atoms with Gasteiger partial charge in [-0.2, -0.15) is 26.3 Å². The van der Waals surface area contributed by atoms with Crippen LogP contribution in [0, 0.1) is 0 Å². The van der Waals surface area contributed by atoms with Gasteiger partial charge in [0.1, 0.15) is 5.70 Å². The molecule has 1 aliphatic rings. The van der Waals surface area contributed by atoms with Crippen LogP contribution < -0.4 is 10.2 Å². The van der Waals surface area contributed by atoms with Gasteiger partial charge in [-0.3, -0.25) is 14.5 Å². The van der Waals surface area contributed by atoms with Crippen LogP contribution in [0.1, 0.15) is 11.1 Å². The summed E-state index contributed by atoms with van der Waals surface area (Å²) >= 11 is 0. The molecular formula is C16H15F6N3O3. The third kappa shape index (κ3) is 4.21. The molecule has 12 heteroatoms. The molecule has 28 heavy (non-hydrogen) atoms. The van der Waals surface area contributed by atoms with Gasteiger partial charge in [-0.05, 0) is 12.1 Å². The van der Waals surface area contributed by atoms with E-state index in [-0.39, 0.29) is 6.54 Å². The molecule has 1 aromatic rings. The number of hydrogen-bond acceptors (Lipinski definition) is 5. The molecule has 0 bridgehead atoms. The van der Waals surface area contributed by atoms with Crippen molar-refractivity contribution in [3.05, 3.63) is 35.0 Å². The van der Waals surface area contributed by atoms with Crippen molar-refractivity contribution < 1.29 is 41.0 Å². The maximum Gasteiger partial charge on any atom is 0.418 e. The van der Waals surface area contributed by atoms with Gasteiger partial charge in [-0.25, -0.2) is 0 Å². The highest BCUT2D eigenvalue weighted by Crippen LogP contribution is 2.45. The van der Waals surface area contributed by atoms with Crippen LogP contribution in [0.25, 0.3) is 0 Å². The molecule has 0 atom stereocenters. The van der Waals surface area contributed by atoms with E-state index >= 15 is 0 Å². The Morgan fingerprint density at radius 3 is 1.93 bits per heavy atom. The van der Waals surface area contributed by atoms with Crippen molar-refractivity contribution in [1.29, 1.82) is 0 Å². The summed E-state index contributed by atoms with van der Waals surface area (Å²) < 4.78 is 80.3. The second-order valence-electron chi connectivity index (χ2n) is 6.01. The predicted octanol–water partition coefficient (Wildman–Crippen LogP) is 2.45. The van der Waals surface area contributed by atoms with Gasteiger partial charge in [0.05, 0.1) is 30.0 Å². The molecule has 1 heterocycles. The normalized spacial score (nSPS) is 15.2. The van der Waals surface area contributed by atoms with E-state index in [9.17, 15) is 35.9 Å². The van der Waals surface area contributed by atoms with Gasteiger partial charge >= 0.3 is 12.4 Å². The Kier molecular flexibility index (Phi) is 5.64. The number of anilines is 2. The number of β-amino-alcohol motifs (C(OH)–C–C–N with tert-alkyl or cyclic N) is 1. The number of aliphatic hydroxyl groups excluding tert-OH is 1. The number of aliphatic hydroxyl groups is 1. The highest BCUT2D eigenvalue weighted by molar-refractivity contribution is 6.17. The molecule has 0 saturated carbocycles. The number of benzene rings is 1. The van der Waals surface area contributed by atoms with Gasteiger partial charge in [0.25, 0.3) is 11.8 Å². The minimum Gasteiger partial charge on any atom is -0.395 e. The maximum absolute atomic E-state index is 13.4. The van der Waals surface area contributed by atoms with Gasteiger partial charge in [0.2, 0.25) is 0 Å². The topological polar surface area (TPSA) is 72.9 Å². The highest BCUT2D eigenvalue weighted by Gasteiger charge is 2.42. The zero-order valence-corrected chi connectivity index (χ0v) is 14.6. The Hall–Kier alpha value is -2.76. The molecule has 6 nitrogen and oxygen atoms in total. The van der Waals surface area contributed by atoms with Gasteiger partial charge in [0, 0.05) is 25.9 Å². The quantitative estimate of drug-likeness (QED) is 0.575. The summed E-state index contributed by atoms with van der Waals surface area (Å²) in [4.78, 5) is 25.0. The van der Waals surface area contributed by atoms with Crippen LogP contribution in [-0.2, 0) is 21.9 Å². The summed E-state index contributed by atoms with van der Waals surface area (Å²) in [6, 6.07) is 0.857. The highest BCUT2D eigenvalue weighted by atomic mass is 19.4. The van der Waals surface area contributed by atoms with Crippen molar-refractivity contribution in [3.8, 4) is 0 Å². The van der Waals surface area contributed by atoms with E-state index in [4.69, 9.17) is 5.11 Å². The van der Waals surface area contributed by atoms with Crippen LogP contribution in [0.15, 0.2) is 23.9 Å². The number of nitrogens with one attached hydrogen (secondary N) is 1. The molecule has 0 radical (unpaired) electrons. The van der Waals surface area contributed by atoms with Crippen LogP contribution in [0.3, 0.4) is 0 Å². The SMILES string of the molecule is CN(C)c1c(C(F)(F)F)cc(NC2=CC(=O)N(CCO)C2=O)cc1C(F)(F)F. The summed E-state index contributed by atoms with van der Waals surface area (Å²) in [5, 5.41) is 11.0. The van der Waals surface area contributed by atoms with Crippen molar-refractivity contribution in [2.45, 2.75) is 12.4 Å². The number of alkyl halides is 6. The Morgan fingerprint density at radius 1 is 1.04 bits per heavy atom. The molecule has 2 N–H and O–H groups in total. The molecule has 1 aromatic carbocycles. The monoisotopic (exact) mass is 411 g/mol. The zero-order chi connectivity index (χ0) is 21.4. The molecule has 0 aliphatic carbocycles. The summed E-state index contributed by atoms with van der Waals surface area (Å²) in [5.74, 6) is -1.82. The van der Waals surface area contributed by atoms with Crippen LogP contribution in [0.4, 0.5) is 37.7 Å². The first kappa shape index (κ1) is 21.5. The molecule has 1 aliphatic heterocycles. The van der Waals surface area contributed by atoms with E-state index in [1.807, 2.05) is 0 Å². The Labute approximate surface area is 155 Å². The third-order valence-corrected chi connectivity index (χ3v) is 3.78. The molecule has 2 amide bonds. The molecule has 0 unspecified atom stereocenters. The van der Waals surface area contributed by atoms with Crippen LogP contribution in [-0.4, -0.2) is 49.1 Å². The molecule has 0 spiro atoms. The summed E-state index contributed by atoms with van der Waals surface area (Å²) in [6.07, 6.45) is -9.48. The summed E-state index contributed by atoms with van der Waals surface area (Å²) in [6.45, 7) is -0.910. The van der Waals surface area contributed by atoms with Crippen molar-refractivity contribution in [2.75, 3.05) is 37.5 Å². The van der Waals surface area contributed by atoms with E-state index in [1.165, 1.54) is 0 Å². The zero-order valence-electron chi connectivity index (χ0n) is 14.6. The van der Waals surface area contributed by atoms with Gasteiger partial charge in [-0.15, -0.1) is 0 Å². The standard InChI is InChI=1S/C16H15F6N3O3/c1-24(2)13-9(15(17,18)19)5-8(6-10(13)16(20,21)22)23-11-7-12(27)25(3-4-26)14(11)28/h5-7,23,26H,3-4H2,1-2H3. The van der Waals surface area contributed by atoms with E-state index in [0.29, 0.717) is 21.9 Å². The smallest absolute Gasteiger partial charge is 0.395 e. The fourth-order valence-electron chi connectivity index (χ4n) is 2.69. The second-order valence-corrected chi connectivity index (χ2v) is 6.01. The number of carbonyl (C=O) groups excluding carboxylic acids is 2. The number of carbonyl (C=O) groups is 2. The van der Waals surface area contributed by atoms with Crippen LogP contribution >= 0.6 is 0 Å². The first-order valence-corrected chi connectivity index (χ1v) is 7.72. The molecule has 0 saturated heterocycles. The Bertz CT molecular complexity index is 795.